The van der Waals surface area contributed by atoms with Gasteiger partial charge in [-0.25, -0.2) is 0 Å². The van der Waals surface area contributed by atoms with Crippen LogP contribution in [0.5, 0.6) is 0 Å². The van der Waals surface area contributed by atoms with Crippen molar-refractivity contribution in [2.24, 2.45) is 5.41 Å². The molecule has 2 heteroatoms. The Kier molecular flexibility index (Phi) is 2.83. The third-order valence-corrected chi connectivity index (χ3v) is 3.45. The van der Waals surface area contributed by atoms with Crippen LogP contribution in [0, 0.1) is 5.41 Å². The summed E-state index contributed by atoms with van der Waals surface area (Å²) in [5, 5.41) is 0. The molecule has 88 valence electrons. The highest BCUT2D eigenvalue weighted by Gasteiger charge is 2.34. The molecular weight excluding hydrogens is 196 g/mol. The Morgan fingerprint density at radius 2 is 2.06 bits per heavy atom. The van der Waals surface area contributed by atoms with Gasteiger partial charge in [0.25, 0.3) is 0 Å². The Balaban J connectivity index is 2.27. The average molecular weight is 218 g/mol. The quantitative estimate of drug-likeness (QED) is 0.733. The summed E-state index contributed by atoms with van der Waals surface area (Å²) in [5.41, 5.74) is 8.32. The highest BCUT2D eigenvalue weighted by molar-refractivity contribution is 5.57. The summed E-state index contributed by atoms with van der Waals surface area (Å²) < 4.78 is 0. The van der Waals surface area contributed by atoms with Gasteiger partial charge in [-0.1, -0.05) is 26.8 Å². The van der Waals surface area contributed by atoms with Crippen LogP contribution in [-0.4, -0.2) is 12.6 Å². The zero-order valence-electron chi connectivity index (χ0n) is 10.5. The van der Waals surface area contributed by atoms with Crippen molar-refractivity contribution in [2.45, 2.75) is 39.7 Å². The first kappa shape index (κ1) is 11.3. The van der Waals surface area contributed by atoms with Crippen LogP contribution in [0.1, 0.15) is 33.6 Å². The number of benzene rings is 1. The first-order valence-electron chi connectivity index (χ1n) is 6.10. The van der Waals surface area contributed by atoms with Gasteiger partial charge in [-0.05, 0) is 36.5 Å². The minimum absolute atomic E-state index is 0.334. The molecule has 2 nitrogen and oxygen atoms in total. The molecule has 0 bridgehead atoms. The number of hydrogen-bond acceptors (Lipinski definition) is 2. The van der Waals surface area contributed by atoms with E-state index in [-0.39, 0.29) is 0 Å². The van der Waals surface area contributed by atoms with Crippen molar-refractivity contribution in [3.63, 3.8) is 0 Å². The van der Waals surface area contributed by atoms with Gasteiger partial charge in [0.15, 0.2) is 0 Å². The van der Waals surface area contributed by atoms with Crippen LogP contribution in [0.4, 0.5) is 11.4 Å². The van der Waals surface area contributed by atoms with Crippen LogP contribution < -0.4 is 10.6 Å². The van der Waals surface area contributed by atoms with Crippen LogP contribution >= 0.6 is 0 Å². The van der Waals surface area contributed by atoms with E-state index in [0.717, 1.165) is 12.2 Å². The van der Waals surface area contributed by atoms with Gasteiger partial charge in [-0.15, -0.1) is 0 Å². The number of anilines is 2. The van der Waals surface area contributed by atoms with Crippen molar-refractivity contribution in [2.75, 3.05) is 17.2 Å². The zero-order chi connectivity index (χ0) is 11.8. The van der Waals surface area contributed by atoms with Crippen LogP contribution in [0.3, 0.4) is 0 Å². The van der Waals surface area contributed by atoms with Crippen molar-refractivity contribution in [1.82, 2.24) is 0 Å². The van der Waals surface area contributed by atoms with Crippen LogP contribution in [-0.2, 0) is 0 Å². The van der Waals surface area contributed by atoms with Crippen LogP contribution in [0.2, 0.25) is 0 Å². The normalized spacial score (nSPS) is 21.4. The molecule has 1 atom stereocenters. The first-order chi connectivity index (χ1) is 7.48. The van der Waals surface area contributed by atoms with Crippen LogP contribution in [0.25, 0.3) is 0 Å². The fourth-order valence-corrected chi connectivity index (χ4v) is 2.68. The van der Waals surface area contributed by atoms with Gasteiger partial charge in [-0.2, -0.15) is 0 Å². The highest BCUT2D eigenvalue weighted by Crippen LogP contribution is 2.36. The predicted octanol–water partition coefficient (Wildman–Crippen LogP) is 3.28. The standard InChI is InChI=1S/C14H22N2/c1-14(2,3)13-8-5-9-16(13)12-7-4-6-11(15)10-12/h4,6-7,10,13H,5,8-9,15H2,1-3H3. The van der Waals surface area contributed by atoms with E-state index in [1.165, 1.54) is 18.5 Å². The van der Waals surface area contributed by atoms with Crippen molar-refractivity contribution >= 4 is 11.4 Å². The molecule has 0 saturated carbocycles. The largest absolute Gasteiger partial charge is 0.399 e. The Morgan fingerprint density at radius 3 is 2.69 bits per heavy atom. The van der Waals surface area contributed by atoms with Gasteiger partial charge in [0.05, 0.1) is 0 Å². The summed E-state index contributed by atoms with van der Waals surface area (Å²) in [6.07, 6.45) is 2.58. The number of nitrogen functional groups attached to an aromatic ring is 1. The summed E-state index contributed by atoms with van der Waals surface area (Å²) in [5.74, 6) is 0. The number of nitrogens with zero attached hydrogens (tertiary/aromatic N) is 1. The van der Waals surface area contributed by atoms with E-state index in [1.807, 2.05) is 12.1 Å². The number of nitrogens with two attached hydrogens (primary N) is 1. The van der Waals surface area contributed by atoms with E-state index in [0.29, 0.717) is 11.5 Å². The Morgan fingerprint density at radius 1 is 1.31 bits per heavy atom. The monoisotopic (exact) mass is 218 g/mol. The summed E-state index contributed by atoms with van der Waals surface area (Å²) in [4.78, 5) is 2.51. The molecule has 2 N–H and O–H groups in total. The molecule has 1 aliphatic heterocycles. The smallest absolute Gasteiger partial charge is 0.0389 e. The lowest BCUT2D eigenvalue weighted by Gasteiger charge is -2.36. The molecule has 0 aromatic heterocycles. The minimum atomic E-state index is 0.334. The van der Waals surface area contributed by atoms with Crippen molar-refractivity contribution < 1.29 is 0 Å². The first-order valence-corrected chi connectivity index (χ1v) is 6.10. The SMILES string of the molecule is CC(C)(C)C1CCCN1c1cccc(N)c1. The lowest BCUT2D eigenvalue weighted by atomic mass is 9.85. The van der Waals surface area contributed by atoms with Gasteiger partial charge in [-0.3, -0.25) is 0 Å². The lowest BCUT2D eigenvalue weighted by Crippen LogP contribution is -2.39. The molecule has 1 aromatic carbocycles. The fourth-order valence-electron chi connectivity index (χ4n) is 2.68. The Hall–Kier alpha value is -1.18. The molecule has 1 saturated heterocycles. The van der Waals surface area contributed by atoms with E-state index in [1.54, 1.807) is 0 Å². The molecule has 0 aliphatic carbocycles. The minimum Gasteiger partial charge on any atom is -0.399 e. The van der Waals surface area contributed by atoms with E-state index in [4.69, 9.17) is 5.73 Å². The van der Waals surface area contributed by atoms with E-state index >= 15 is 0 Å². The summed E-state index contributed by atoms with van der Waals surface area (Å²) in [6, 6.07) is 8.88. The lowest BCUT2D eigenvalue weighted by molar-refractivity contribution is 0.320. The molecule has 0 amide bonds. The number of rotatable bonds is 1. The summed E-state index contributed by atoms with van der Waals surface area (Å²) in [6.45, 7) is 8.12. The van der Waals surface area contributed by atoms with Crippen molar-refractivity contribution in [1.29, 1.82) is 0 Å². The van der Waals surface area contributed by atoms with Gasteiger partial charge >= 0.3 is 0 Å². The predicted molar refractivity (Wildman–Crippen MR) is 70.7 cm³/mol. The topological polar surface area (TPSA) is 29.3 Å². The van der Waals surface area contributed by atoms with E-state index in [2.05, 4.69) is 37.8 Å². The third-order valence-electron chi connectivity index (χ3n) is 3.45. The second-order valence-electron chi connectivity index (χ2n) is 5.81. The summed E-state index contributed by atoms with van der Waals surface area (Å²) in [7, 11) is 0. The van der Waals surface area contributed by atoms with Gasteiger partial charge in [0.2, 0.25) is 0 Å². The second kappa shape index (κ2) is 4.00. The molecule has 0 radical (unpaired) electrons. The zero-order valence-corrected chi connectivity index (χ0v) is 10.5. The van der Waals surface area contributed by atoms with Crippen molar-refractivity contribution in [3.05, 3.63) is 24.3 Å². The fraction of sp³-hybridized carbons (Fsp3) is 0.571. The summed E-state index contributed by atoms with van der Waals surface area (Å²) >= 11 is 0. The molecule has 16 heavy (non-hydrogen) atoms. The average Bonchev–Trinajstić information content (AvgIpc) is 2.65. The van der Waals surface area contributed by atoms with E-state index < -0.39 is 0 Å². The molecule has 1 heterocycles. The van der Waals surface area contributed by atoms with E-state index in [9.17, 15) is 0 Å². The third kappa shape index (κ3) is 2.16. The maximum Gasteiger partial charge on any atom is 0.0389 e. The van der Waals surface area contributed by atoms with Crippen molar-refractivity contribution in [3.8, 4) is 0 Å². The molecular formula is C14H22N2. The molecule has 2 rings (SSSR count). The maximum atomic E-state index is 5.85. The molecule has 0 spiro atoms. The molecule has 1 fully saturated rings. The molecule has 1 unspecified atom stereocenters. The van der Waals surface area contributed by atoms with Crippen LogP contribution in [0.15, 0.2) is 24.3 Å². The second-order valence-corrected chi connectivity index (χ2v) is 5.81. The van der Waals surface area contributed by atoms with Gasteiger partial charge in [0, 0.05) is 24.0 Å². The van der Waals surface area contributed by atoms with Gasteiger partial charge < -0.3 is 10.6 Å². The molecule has 1 aliphatic rings. The Bertz CT molecular complexity index is 365. The van der Waals surface area contributed by atoms with Gasteiger partial charge in [0.1, 0.15) is 0 Å². The highest BCUT2D eigenvalue weighted by atomic mass is 15.2. The Labute approximate surface area is 98.4 Å². The molecule has 1 aromatic rings. The maximum absolute atomic E-state index is 5.85. The number of hydrogen-bond donors (Lipinski definition) is 1.